The van der Waals surface area contributed by atoms with Crippen molar-refractivity contribution in [1.82, 2.24) is 9.03 Å². The van der Waals surface area contributed by atoms with Crippen LogP contribution in [0.25, 0.3) is 0 Å². The van der Waals surface area contributed by atoms with Gasteiger partial charge in [-0.3, -0.25) is 4.79 Å². The van der Waals surface area contributed by atoms with Gasteiger partial charge in [-0.1, -0.05) is 6.92 Å². The summed E-state index contributed by atoms with van der Waals surface area (Å²) < 4.78 is 26.5. The number of hydrogen-bond acceptors (Lipinski definition) is 3. The van der Waals surface area contributed by atoms with Crippen LogP contribution in [-0.4, -0.2) is 42.4 Å². The van der Waals surface area contributed by atoms with Crippen molar-refractivity contribution in [2.24, 2.45) is 0 Å². The van der Waals surface area contributed by atoms with Crippen LogP contribution in [-0.2, 0) is 15.0 Å². The molecule has 0 amide bonds. The first-order valence-corrected chi connectivity index (χ1v) is 6.04. The number of carboxylic acids is 1. The van der Waals surface area contributed by atoms with Crippen molar-refractivity contribution in [2.45, 2.75) is 33.2 Å². The molecule has 0 saturated heterocycles. The Morgan fingerprint density at radius 2 is 1.87 bits per heavy atom. The lowest BCUT2D eigenvalue weighted by atomic mass is 10.1. The lowest BCUT2D eigenvalue weighted by molar-refractivity contribution is -0.138. The van der Waals surface area contributed by atoms with Crippen molar-refractivity contribution in [3.8, 4) is 0 Å². The molecule has 7 heteroatoms. The van der Waals surface area contributed by atoms with E-state index >= 15 is 0 Å². The van der Waals surface area contributed by atoms with Crippen molar-refractivity contribution < 1.29 is 18.3 Å². The van der Waals surface area contributed by atoms with Crippen molar-refractivity contribution in [2.75, 3.05) is 13.1 Å². The van der Waals surface area contributed by atoms with Gasteiger partial charge in [0.1, 0.15) is 6.54 Å². The second kappa shape index (κ2) is 4.91. The molecule has 6 nitrogen and oxygen atoms in total. The third-order valence-electron chi connectivity index (χ3n) is 1.64. The summed E-state index contributed by atoms with van der Waals surface area (Å²) in [5.74, 6) is -1.17. The van der Waals surface area contributed by atoms with Crippen LogP contribution in [0.1, 0.15) is 27.7 Å². The minimum atomic E-state index is -3.72. The number of hydrogen-bond donors (Lipinski definition) is 2. The topological polar surface area (TPSA) is 86.7 Å². The molecule has 0 radical (unpaired) electrons. The number of nitrogens with zero attached hydrogens (tertiary/aromatic N) is 1. The van der Waals surface area contributed by atoms with Crippen molar-refractivity contribution in [3.05, 3.63) is 0 Å². The van der Waals surface area contributed by atoms with Gasteiger partial charge in [-0.05, 0) is 20.8 Å². The van der Waals surface area contributed by atoms with Crippen LogP contribution in [0.15, 0.2) is 0 Å². The Morgan fingerprint density at radius 1 is 1.40 bits per heavy atom. The molecule has 0 rings (SSSR count). The van der Waals surface area contributed by atoms with Crippen LogP contribution in [0.4, 0.5) is 0 Å². The van der Waals surface area contributed by atoms with Gasteiger partial charge < -0.3 is 5.11 Å². The van der Waals surface area contributed by atoms with E-state index in [9.17, 15) is 13.2 Å². The summed E-state index contributed by atoms with van der Waals surface area (Å²) in [6.45, 7) is 6.26. The molecule has 0 atom stereocenters. The summed E-state index contributed by atoms with van der Waals surface area (Å²) in [7, 11) is -3.72. The zero-order chi connectivity index (χ0) is 12.3. The smallest absolute Gasteiger partial charge is 0.318 e. The van der Waals surface area contributed by atoms with E-state index in [1.165, 1.54) is 0 Å². The van der Waals surface area contributed by atoms with Crippen LogP contribution in [0, 0.1) is 0 Å². The normalized spacial score (nSPS) is 13.1. The molecular formula is C8H18N2O4S. The average molecular weight is 238 g/mol. The largest absolute Gasteiger partial charge is 0.480 e. The fourth-order valence-corrected chi connectivity index (χ4v) is 2.59. The zero-order valence-corrected chi connectivity index (χ0v) is 10.3. The Balaban J connectivity index is 5.03. The van der Waals surface area contributed by atoms with Crippen LogP contribution in [0.5, 0.6) is 0 Å². The highest BCUT2D eigenvalue weighted by Gasteiger charge is 2.33. The second-order valence-electron chi connectivity index (χ2n) is 4.07. The maximum atomic E-state index is 11.7. The van der Waals surface area contributed by atoms with Gasteiger partial charge in [0.2, 0.25) is 0 Å². The van der Waals surface area contributed by atoms with E-state index in [0.717, 1.165) is 4.31 Å². The molecule has 0 aliphatic rings. The quantitative estimate of drug-likeness (QED) is 0.707. The molecule has 90 valence electrons. The Morgan fingerprint density at radius 3 is 2.13 bits per heavy atom. The number of carboxylic acid groups (broad SMARTS) is 1. The minimum absolute atomic E-state index is 0.231. The Bertz CT molecular complexity index is 318. The standard InChI is InChI=1S/C8H18N2O4S/c1-5-9-15(13,14)10(6-7(11)12)8(2,3)4/h9H,5-6H2,1-4H3,(H,11,12). The molecule has 0 heterocycles. The Kier molecular flexibility index (Phi) is 4.69. The predicted molar refractivity (Wildman–Crippen MR) is 56.7 cm³/mol. The van der Waals surface area contributed by atoms with Crippen LogP contribution >= 0.6 is 0 Å². The minimum Gasteiger partial charge on any atom is -0.480 e. The van der Waals surface area contributed by atoms with E-state index in [1.54, 1.807) is 27.7 Å². The molecule has 0 bridgehead atoms. The highest BCUT2D eigenvalue weighted by Crippen LogP contribution is 2.16. The fourth-order valence-electron chi connectivity index (χ4n) is 1.07. The highest BCUT2D eigenvalue weighted by atomic mass is 32.2. The SMILES string of the molecule is CCNS(=O)(=O)N(CC(=O)O)C(C)(C)C. The molecule has 0 aromatic rings. The van der Waals surface area contributed by atoms with Crippen LogP contribution in [0.2, 0.25) is 0 Å². The molecule has 15 heavy (non-hydrogen) atoms. The first-order chi connectivity index (χ1) is 6.61. The summed E-state index contributed by atoms with van der Waals surface area (Å²) in [5, 5.41) is 8.64. The second-order valence-corrected chi connectivity index (χ2v) is 5.75. The molecule has 0 aromatic heterocycles. The molecule has 2 N–H and O–H groups in total. The van der Waals surface area contributed by atoms with Gasteiger partial charge in [-0.15, -0.1) is 0 Å². The van der Waals surface area contributed by atoms with Crippen molar-refractivity contribution >= 4 is 16.2 Å². The van der Waals surface area contributed by atoms with E-state index in [0.29, 0.717) is 0 Å². The first-order valence-electron chi connectivity index (χ1n) is 4.60. The lowest BCUT2D eigenvalue weighted by Crippen LogP contribution is -2.52. The maximum absolute atomic E-state index is 11.7. The summed E-state index contributed by atoms with van der Waals surface area (Å²) in [4.78, 5) is 10.6. The van der Waals surface area contributed by atoms with Crippen LogP contribution < -0.4 is 4.72 Å². The third-order valence-corrected chi connectivity index (χ3v) is 3.55. The van der Waals surface area contributed by atoms with E-state index in [2.05, 4.69) is 4.72 Å². The molecule has 0 aromatic carbocycles. The zero-order valence-electron chi connectivity index (χ0n) is 9.44. The van der Waals surface area contributed by atoms with Crippen LogP contribution in [0.3, 0.4) is 0 Å². The average Bonchev–Trinajstić information content (AvgIpc) is 1.97. The van der Waals surface area contributed by atoms with E-state index < -0.39 is 28.3 Å². The molecule has 0 spiro atoms. The van der Waals surface area contributed by atoms with Gasteiger partial charge in [0.05, 0.1) is 0 Å². The molecule has 0 fully saturated rings. The molecule has 0 unspecified atom stereocenters. The highest BCUT2D eigenvalue weighted by molar-refractivity contribution is 7.87. The molecule has 0 aliphatic carbocycles. The van der Waals surface area contributed by atoms with Gasteiger partial charge in [0.25, 0.3) is 10.2 Å². The predicted octanol–water partition coefficient (Wildman–Crippen LogP) is 0.0258. The van der Waals surface area contributed by atoms with E-state index in [4.69, 9.17) is 5.11 Å². The van der Waals surface area contributed by atoms with E-state index in [1.807, 2.05) is 0 Å². The van der Waals surface area contributed by atoms with Gasteiger partial charge in [-0.25, -0.2) is 4.72 Å². The Hall–Kier alpha value is -0.660. The molecule has 0 saturated carbocycles. The molecule has 0 aliphatic heterocycles. The lowest BCUT2D eigenvalue weighted by Gasteiger charge is -2.32. The third kappa shape index (κ3) is 4.59. The van der Waals surface area contributed by atoms with Gasteiger partial charge >= 0.3 is 5.97 Å². The van der Waals surface area contributed by atoms with Gasteiger partial charge in [0.15, 0.2) is 0 Å². The summed E-state index contributed by atoms with van der Waals surface area (Å²) in [6.07, 6.45) is 0. The van der Waals surface area contributed by atoms with Gasteiger partial charge in [0, 0.05) is 12.1 Å². The van der Waals surface area contributed by atoms with Crippen molar-refractivity contribution in [3.63, 3.8) is 0 Å². The van der Waals surface area contributed by atoms with Gasteiger partial charge in [-0.2, -0.15) is 12.7 Å². The molecular weight excluding hydrogens is 220 g/mol. The number of aliphatic carboxylic acids is 1. The fraction of sp³-hybridized carbons (Fsp3) is 0.875. The summed E-state index contributed by atoms with van der Waals surface area (Å²) in [6, 6.07) is 0. The van der Waals surface area contributed by atoms with E-state index in [-0.39, 0.29) is 6.54 Å². The maximum Gasteiger partial charge on any atom is 0.318 e. The first kappa shape index (κ1) is 14.3. The number of nitrogens with one attached hydrogen (secondary N) is 1. The summed E-state index contributed by atoms with van der Waals surface area (Å²) in [5.41, 5.74) is -0.764. The monoisotopic (exact) mass is 238 g/mol. The Labute approximate surface area is 90.5 Å². The number of rotatable bonds is 5. The number of carbonyl (C=O) groups is 1. The summed E-state index contributed by atoms with van der Waals surface area (Å²) >= 11 is 0. The van der Waals surface area contributed by atoms with Crippen molar-refractivity contribution in [1.29, 1.82) is 0 Å².